The van der Waals surface area contributed by atoms with Crippen LogP contribution >= 0.6 is 11.8 Å². The zero-order valence-electron chi connectivity index (χ0n) is 8.99. The maximum atomic E-state index is 11.0. The molecule has 0 spiro atoms. The molecular weight excluding hydrogens is 208 g/mol. The summed E-state index contributed by atoms with van der Waals surface area (Å²) in [6, 6.07) is 0. The summed E-state index contributed by atoms with van der Waals surface area (Å²) in [4.78, 5) is 19.8. The van der Waals surface area contributed by atoms with E-state index in [2.05, 4.69) is 9.97 Å². The van der Waals surface area contributed by atoms with Gasteiger partial charge in [-0.2, -0.15) is 11.8 Å². The third-order valence-electron chi connectivity index (χ3n) is 2.50. The van der Waals surface area contributed by atoms with Crippen molar-refractivity contribution in [3.05, 3.63) is 22.8 Å². The van der Waals surface area contributed by atoms with Gasteiger partial charge in [-0.15, -0.1) is 0 Å². The third-order valence-corrected chi connectivity index (χ3v) is 3.49. The van der Waals surface area contributed by atoms with Crippen LogP contribution in [-0.4, -0.2) is 22.0 Å². The molecule has 1 aliphatic rings. The zero-order chi connectivity index (χ0) is 10.8. The SMILES string of the molecule is CC(C)c1nc(C=O)c2c(n1)CCSC2. The molecule has 0 unspecified atom stereocenters. The Bertz CT molecular complexity index is 390. The molecule has 0 saturated heterocycles. The number of fused-ring (bicyclic) bond motifs is 1. The van der Waals surface area contributed by atoms with Gasteiger partial charge in [0.25, 0.3) is 0 Å². The smallest absolute Gasteiger partial charge is 0.168 e. The summed E-state index contributed by atoms with van der Waals surface area (Å²) in [7, 11) is 0. The minimum atomic E-state index is 0.281. The van der Waals surface area contributed by atoms with Crippen LogP contribution in [0.3, 0.4) is 0 Å². The van der Waals surface area contributed by atoms with E-state index in [0.717, 1.165) is 41.3 Å². The molecule has 0 saturated carbocycles. The summed E-state index contributed by atoms with van der Waals surface area (Å²) >= 11 is 1.84. The molecule has 0 fully saturated rings. The number of hydrogen-bond acceptors (Lipinski definition) is 4. The van der Waals surface area contributed by atoms with Gasteiger partial charge in [0.15, 0.2) is 6.29 Å². The summed E-state index contributed by atoms with van der Waals surface area (Å²) in [5.74, 6) is 3.05. The van der Waals surface area contributed by atoms with Crippen molar-refractivity contribution in [2.24, 2.45) is 0 Å². The minimum Gasteiger partial charge on any atom is -0.296 e. The lowest BCUT2D eigenvalue weighted by atomic mass is 10.1. The van der Waals surface area contributed by atoms with Crippen molar-refractivity contribution in [1.29, 1.82) is 0 Å². The Balaban J connectivity index is 2.52. The molecule has 0 radical (unpaired) electrons. The monoisotopic (exact) mass is 222 g/mol. The number of aldehydes is 1. The predicted molar refractivity (Wildman–Crippen MR) is 61.4 cm³/mol. The highest BCUT2D eigenvalue weighted by Gasteiger charge is 2.18. The number of hydrogen-bond donors (Lipinski definition) is 0. The average molecular weight is 222 g/mol. The first-order chi connectivity index (χ1) is 7.22. The lowest BCUT2D eigenvalue weighted by molar-refractivity contribution is 0.111. The second-order valence-electron chi connectivity index (χ2n) is 3.97. The van der Waals surface area contributed by atoms with Gasteiger partial charge in [-0.1, -0.05) is 13.8 Å². The van der Waals surface area contributed by atoms with Crippen LogP contribution in [0.2, 0.25) is 0 Å². The zero-order valence-corrected chi connectivity index (χ0v) is 9.80. The molecule has 1 aromatic heterocycles. The molecule has 0 amide bonds. The highest BCUT2D eigenvalue weighted by molar-refractivity contribution is 7.98. The van der Waals surface area contributed by atoms with Crippen LogP contribution in [0.25, 0.3) is 0 Å². The molecule has 0 atom stereocenters. The molecule has 1 aliphatic heterocycles. The minimum absolute atomic E-state index is 0.281. The van der Waals surface area contributed by atoms with Crippen molar-refractivity contribution in [1.82, 2.24) is 9.97 Å². The Labute approximate surface area is 93.7 Å². The second-order valence-corrected chi connectivity index (χ2v) is 5.07. The summed E-state index contributed by atoms with van der Waals surface area (Å²) < 4.78 is 0. The summed E-state index contributed by atoms with van der Waals surface area (Å²) in [5.41, 5.74) is 2.72. The topological polar surface area (TPSA) is 42.9 Å². The predicted octanol–water partition coefficient (Wildman–Crippen LogP) is 2.20. The maximum absolute atomic E-state index is 11.0. The van der Waals surface area contributed by atoms with E-state index in [1.807, 2.05) is 25.6 Å². The molecule has 80 valence electrons. The molecule has 2 heterocycles. The number of rotatable bonds is 2. The number of nitrogens with zero attached hydrogens (tertiary/aromatic N) is 2. The van der Waals surface area contributed by atoms with Crippen LogP contribution in [0.5, 0.6) is 0 Å². The van der Waals surface area contributed by atoms with E-state index in [1.54, 1.807) is 0 Å². The van der Waals surface area contributed by atoms with Crippen molar-refractivity contribution in [2.45, 2.75) is 31.9 Å². The molecule has 2 rings (SSSR count). The Morgan fingerprint density at radius 3 is 2.87 bits per heavy atom. The van der Waals surface area contributed by atoms with Crippen LogP contribution < -0.4 is 0 Å². The van der Waals surface area contributed by atoms with Gasteiger partial charge in [-0.25, -0.2) is 9.97 Å². The van der Waals surface area contributed by atoms with E-state index in [-0.39, 0.29) is 5.92 Å². The van der Waals surface area contributed by atoms with Crippen LogP contribution in [-0.2, 0) is 12.2 Å². The van der Waals surface area contributed by atoms with Crippen molar-refractivity contribution >= 4 is 18.0 Å². The van der Waals surface area contributed by atoms with Gasteiger partial charge in [-0.05, 0) is 12.2 Å². The van der Waals surface area contributed by atoms with Gasteiger partial charge in [0, 0.05) is 22.9 Å². The van der Waals surface area contributed by atoms with Gasteiger partial charge in [0.05, 0.1) is 0 Å². The van der Waals surface area contributed by atoms with Crippen LogP contribution in [0.4, 0.5) is 0 Å². The molecule has 4 heteroatoms. The largest absolute Gasteiger partial charge is 0.296 e. The Morgan fingerprint density at radius 2 is 2.20 bits per heavy atom. The first-order valence-electron chi connectivity index (χ1n) is 5.15. The number of carbonyl (C=O) groups is 1. The first-order valence-corrected chi connectivity index (χ1v) is 6.30. The average Bonchev–Trinajstić information content (AvgIpc) is 2.27. The van der Waals surface area contributed by atoms with Crippen molar-refractivity contribution in [3.63, 3.8) is 0 Å². The summed E-state index contributed by atoms with van der Waals surface area (Å²) in [6.45, 7) is 4.10. The van der Waals surface area contributed by atoms with E-state index < -0.39 is 0 Å². The summed E-state index contributed by atoms with van der Waals surface area (Å²) in [5, 5.41) is 0. The van der Waals surface area contributed by atoms with E-state index in [4.69, 9.17) is 0 Å². The Morgan fingerprint density at radius 1 is 1.40 bits per heavy atom. The number of carbonyl (C=O) groups excluding carboxylic acids is 1. The van der Waals surface area contributed by atoms with Gasteiger partial charge in [0.1, 0.15) is 11.5 Å². The molecule has 3 nitrogen and oxygen atoms in total. The molecule has 0 aliphatic carbocycles. The van der Waals surface area contributed by atoms with Crippen LogP contribution in [0.1, 0.15) is 47.3 Å². The molecule has 0 N–H and O–H groups in total. The van der Waals surface area contributed by atoms with Crippen molar-refractivity contribution < 1.29 is 4.79 Å². The molecule has 0 aromatic carbocycles. The van der Waals surface area contributed by atoms with Gasteiger partial charge >= 0.3 is 0 Å². The third kappa shape index (κ3) is 2.04. The van der Waals surface area contributed by atoms with E-state index in [9.17, 15) is 4.79 Å². The van der Waals surface area contributed by atoms with E-state index in [1.165, 1.54) is 0 Å². The second kappa shape index (κ2) is 4.31. The van der Waals surface area contributed by atoms with E-state index >= 15 is 0 Å². The van der Waals surface area contributed by atoms with Gasteiger partial charge in [0.2, 0.25) is 0 Å². The van der Waals surface area contributed by atoms with Gasteiger partial charge in [-0.3, -0.25) is 4.79 Å². The summed E-state index contributed by atoms with van der Waals surface area (Å²) in [6.07, 6.45) is 1.82. The molecule has 1 aromatic rings. The Kier molecular flexibility index (Phi) is 3.05. The van der Waals surface area contributed by atoms with Crippen LogP contribution in [0.15, 0.2) is 0 Å². The molecule has 15 heavy (non-hydrogen) atoms. The fraction of sp³-hybridized carbons (Fsp3) is 0.545. The number of thioether (sulfide) groups is 1. The first kappa shape index (κ1) is 10.6. The normalized spacial score (nSPS) is 15.1. The van der Waals surface area contributed by atoms with E-state index in [0.29, 0.717) is 5.69 Å². The number of aromatic nitrogens is 2. The molecular formula is C11H14N2OS. The quantitative estimate of drug-likeness (QED) is 0.719. The lowest BCUT2D eigenvalue weighted by Gasteiger charge is -2.17. The highest BCUT2D eigenvalue weighted by atomic mass is 32.2. The Hall–Kier alpha value is -0.900. The van der Waals surface area contributed by atoms with Crippen molar-refractivity contribution in [2.75, 3.05) is 5.75 Å². The van der Waals surface area contributed by atoms with Gasteiger partial charge < -0.3 is 0 Å². The maximum Gasteiger partial charge on any atom is 0.168 e. The van der Waals surface area contributed by atoms with Crippen LogP contribution in [0, 0.1) is 0 Å². The lowest BCUT2D eigenvalue weighted by Crippen LogP contribution is -2.14. The van der Waals surface area contributed by atoms with Crippen molar-refractivity contribution in [3.8, 4) is 0 Å². The fourth-order valence-corrected chi connectivity index (χ4v) is 2.63. The molecule has 0 bridgehead atoms. The fourth-order valence-electron chi connectivity index (χ4n) is 1.63. The number of aryl methyl sites for hydroxylation is 1. The standard InChI is InChI=1S/C11H14N2OS/c1-7(2)11-12-9-3-4-15-6-8(9)10(5-14)13-11/h5,7H,3-4,6H2,1-2H3. The highest BCUT2D eigenvalue weighted by Crippen LogP contribution is 2.26.